The maximum absolute atomic E-state index is 12.0. The van der Waals surface area contributed by atoms with Crippen molar-refractivity contribution in [3.05, 3.63) is 23.8 Å². The molecule has 0 saturated heterocycles. The number of ether oxygens (including phenoxy) is 2. The SMILES string of the molecule is COc1ccc(C(=N)N)cc1OC(F)F. The van der Waals surface area contributed by atoms with Gasteiger partial charge >= 0.3 is 6.61 Å². The molecule has 0 atom stereocenters. The third-order valence-electron chi connectivity index (χ3n) is 1.69. The molecule has 1 aromatic rings. The van der Waals surface area contributed by atoms with Gasteiger partial charge in [0.25, 0.3) is 0 Å². The fourth-order valence-corrected chi connectivity index (χ4v) is 1.03. The number of halogens is 2. The third-order valence-corrected chi connectivity index (χ3v) is 1.69. The fourth-order valence-electron chi connectivity index (χ4n) is 1.03. The molecule has 0 bridgehead atoms. The average molecular weight is 216 g/mol. The van der Waals surface area contributed by atoms with Gasteiger partial charge in [0, 0.05) is 5.56 Å². The Morgan fingerprint density at radius 2 is 2.07 bits per heavy atom. The highest BCUT2D eigenvalue weighted by Crippen LogP contribution is 2.29. The first kappa shape index (κ1) is 11.2. The second-order valence-electron chi connectivity index (χ2n) is 2.66. The van der Waals surface area contributed by atoms with Crippen LogP contribution in [0.5, 0.6) is 11.5 Å². The van der Waals surface area contributed by atoms with Crippen molar-refractivity contribution in [2.24, 2.45) is 5.73 Å². The number of methoxy groups -OCH3 is 1. The van der Waals surface area contributed by atoms with Gasteiger partial charge in [-0.3, -0.25) is 5.41 Å². The number of nitrogens with two attached hydrogens (primary N) is 1. The van der Waals surface area contributed by atoms with Crippen LogP contribution in [0.1, 0.15) is 5.56 Å². The Kier molecular flexibility index (Phi) is 3.43. The van der Waals surface area contributed by atoms with Crippen molar-refractivity contribution in [3.8, 4) is 11.5 Å². The van der Waals surface area contributed by atoms with Crippen LogP contribution < -0.4 is 15.2 Å². The molecule has 1 rings (SSSR count). The Bertz CT molecular complexity index is 369. The Balaban J connectivity index is 3.07. The number of hydrogen-bond acceptors (Lipinski definition) is 3. The lowest BCUT2D eigenvalue weighted by Crippen LogP contribution is -2.12. The predicted molar refractivity (Wildman–Crippen MR) is 50.6 cm³/mol. The topological polar surface area (TPSA) is 68.3 Å². The number of nitrogen functional groups attached to an aromatic ring is 1. The number of rotatable bonds is 4. The van der Waals surface area contributed by atoms with Gasteiger partial charge in [-0.05, 0) is 18.2 Å². The summed E-state index contributed by atoms with van der Waals surface area (Å²) < 4.78 is 33.0. The molecule has 0 unspecified atom stereocenters. The Morgan fingerprint density at radius 3 is 2.53 bits per heavy atom. The summed E-state index contributed by atoms with van der Waals surface area (Å²) in [5.41, 5.74) is 5.50. The lowest BCUT2D eigenvalue weighted by Gasteiger charge is -2.10. The van der Waals surface area contributed by atoms with Crippen molar-refractivity contribution in [3.63, 3.8) is 0 Å². The van der Waals surface area contributed by atoms with Crippen LogP contribution in [0.4, 0.5) is 8.78 Å². The summed E-state index contributed by atoms with van der Waals surface area (Å²) in [7, 11) is 1.33. The van der Waals surface area contributed by atoms with E-state index in [2.05, 4.69) is 4.74 Å². The van der Waals surface area contributed by atoms with E-state index in [4.69, 9.17) is 15.9 Å². The van der Waals surface area contributed by atoms with Gasteiger partial charge in [-0.25, -0.2) is 0 Å². The Hall–Kier alpha value is -1.85. The first-order valence-electron chi connectivity index (χ1n) is 4.02. The molecular weight excluding hydrogens is 206 g/mol. The monoisotopic (exact) mass is 216 g/mol. The number of alkyl halides is 2. The van der Waals surface area contributed by atoms with Crippen molar-refractivity contribution in [2.75, 3.05) is 7.11 Å². The molecule has 0 amide bonds. The second-order valence-corrected chi connectivity index (χ2v) is 2.66. The van der Waals surface area contributed by atoms with Gasteiger partial charge in [-0.15, -0.1) is 0 Å². The quantitative estimate of drug-likeness (QED) is 0.593. The van der Waals surface area contributed by atoms with E-state index in [1.807, 2.05) is 0 Å². The Morgan fingerprint density at radius 1 is 1.40 bits per heavy atom. The molecule has 0 radical (unpaired) electrons. The van der Waals surface area contributed by atoms with E-state index < -0.39 is 6.61 Å². The zero-order valence-corrected chi connectivity index (χ0v) is 7.96. The highest BCUT2D eigenvalue weighted by atomic mass is 19.3. The summed E-state index contributed by atoms with van der Waals surface area (Å²) in [5.74, 6) is -0.197. The minimum absolute atomic E-state index is 0.139. The molecular formula is C9H10F2N2O2. The van der Waals surface area contributed by atoms with E-state index in [0.29, 0.717) is 5.56 Å². The zero-order valence-electron chi connectivity index (χ0n) is 7.96. The molecule has 0 aromatic heterocycles. The van der Waals surface area contributed by atoms with Crippen molar-refractivity contribution >= 4 is 5.84 Å². The molecule has 0 spiro atoms. The van der Waals surface area contributed by atoms with Gasteiger partial charge in [0.05, 0.1) is 7.11 Å². The molecule has 0 heterocycles. The molecule has 1 aromatic carbocycles. The molecule has 6 heteroatoms. The van der Waals surface area contributed by atoms with Gasteiger partial charge in [-0.2, -0.15) is 8.78 Å². The van der Waals surface area contributed by atoms with Crippen LogP contribution in [-0.2, 0) is 0 Å². The van der Waals surface area contributed by atoms with E-state index >= 15 is 0 Å². The predicted octanol–water partition coefficient (Wildman–Crippen LogP) is 1.58. The summed E-state index contributed by atoms with van der Waals surface area (Å²) in [6.07, 6.45) is 0. The van der Waals surface area contributed by atoms with Crippen molar-refractivity contribution in [1.29, 1.82) is 5.41 Å². The highest BCUT2D eigenvalue weighted by Gasteiger charge is 2.11. The normalized spacial score (nSPS) is 10.1. The molecule has 0 saturated carbocycles. The minimum Gasteiger partial charge on any atom is -0.493 e. The van der Waals surface area contributed by atoms with Gasteiger partial charge < -0.3 is 15.2 Å². The molecule has 82 valence electrons. The average Bonchev–Trinajstić information content (AvgIpc) is 2.16. The molecule has 15 heavy (non-hydrogen) atoms. The van der Waals surface area contributed by atoms with Crippen molar-refractivity contribution in [2.45, 2.75) is 6.61 Å². The summed E-state index contributed by atoms with van der Waals surface area (Å²) >= 11 is 0. The van der Waals surface area contributed by atoms with Crippen molar-refractivity contribution < 1.29 is 18.3 Å². The van der Waals surface area contributed by atoms with Crippen LogP contribution in [0.3, 0.4) is 0 Å². The van der Waals surface area contributed by atoms with Gasteiger partial charge in [0.2, 0.25) is 0 Å². The molecule has 0 fully saturated rings. The largest absolute Gasteiger partial charge is 0.493 e. The lowest BCUT2D eigenvalue weighted by atomic mass is 10.2. The molecule has 0 aliphatic heterocycles. The molecule has 0 aliphatic rings. The van der Waals surface area contributed by atoms with Crippen LogP contribution in [0.15, 0.2) is 18.2 Å². The van der Waals surface area contributed by atoms with Crippen LogP contribution in [0, 0.1) is 5.41 Å². The van der Waals surface area contributed by atoms with E-state index in [1.165, 1.54) is 25.3 Å². The lowest BCUT2D eigenvalue weighted by molar-refractivity contribution is -0.0512. The summed E-state index contributed by atoms with van der Waals surface area (Å²) in [4.78, 5) is 0. The summed E-state index contributed by atoms with van der Waals surface area (Å²) in [6.45, 7) is -2.94. The minimum atomic E-state index is -2.94. The second kappa shape index (κ2) is 4.59. The van der Waals surface area contributed by atoms with Gasteiger partial charge in [0.1, 0.15) is 5.84 Å². The van der Waals surface area contributed by atoms with Crippen LogP contribution >= 0.6 is 0 Å². The van der Waals surface area contributed by atoms with E-state index in [9.17, 15) is 8.78 Å². The van der Waals surface area contributed by atoms with E-state index in [1.54, 1.807) is 0 Å². The fraction of sp³-hybridized carbons (Fsp3) is 0.222. The summed E-state index contributed by atoms with van der Waals surface area (Å²) in [6, 6.07) is 4.13. The van der Waals surface area contributed by atoms with E-state index in [-0.39, 0.29) is 17.3 Å². The summed E-state index contributed by atoms with van der Waals surface area (Å²) in [5, 5.41) is 7.14. The van der Waals surface area contributed by atoms with Crippen LogP contribution in [0.2, 0.25) is 0 Å². The number of hydrogen-bond donors (Lipinski definition) is 2. The van der Waals surface area contributed by atoms with Crippen LogP contribution in [-0.4, -0.2) is 19.6 Å². The van der Waals surface area contributed by atoms with Gasteiger partial charge in [-0.1, -0.05) is 0 Å². The van der Waals surface area contributed by atoms with Gasteiger partial charge in [0.15, 0.2) is 11.5 Å². The Labute approximate surface area is 85.1 Å². The zero-order chi connectivity index (χ0) is 11.4. The van der Waals surface area contributed by atoms with Crippen molar-refractivity contribution in [1.82, 2.24) is 0 Å². The molecule has 0 aliphatic carbocycles. The van der Waals surface area contributed by atoms with E-state index in [0.717, 1.165) is 0 Å². The number of amidine groups is 1. The maximum Gasteiger partial charge on any atom is 0.387 e. The number of nitrogens with one attached hydrogen (secondary N) is 1. The maximum atomic E-state index is 12.0. The smallest absolute Gasteiger partial charge is 0.387 e. The van der Waals surface area contributed by atoms with Crippen LogP contribution in [0.25, 0.3) is 0 Å². The molecule has 3 N–H and O–H groups in total. The standard InChI is InChI=1S/C9H10F2N2O2/c1-14-6-3-2-5(8(12)13)4-7(6)15-9(10)11/h2-4,9H,1H3,(H3,12,13). The third kappa shape index (κ3) is 2.80. The first-order chi connectivity index (χ1) is 7.04. The highest BCUT2D eigenvalue weighted by molar-refractivity contribution is 5.95. The molecule has 4 nitrogen and oxygen atoms in total. The first-order valence-corrected chi connectivity index (χ1v) is 4.02. The number of benzene rings is 1.